The van der Waals surface area contributed by atoms with Crippen LogP contribution in [0.3, 0.4) is 0 Å². The second-order valence-electron chi connectivity index (χ2n) is 5.08. The first-order valence-corrected chi connectivity index (χ1v) is 7.36. The molecule has 3 aromatic rings. The predicted octanol–water partition coefficient (Wildman–Crippen LogP) is 4.10. The molecule has 3 rings (SSSR count). The molecular formula is C18H14F2N2O3. The lowest BCUT2D eigenvalue weighted by Gasteiger charge is -2.12. The predicted molar refractivity (Wildman–Crippen MR) is 89.3 cm³/mol. The van der Waals surface area contributed by atoms with Crippen molar-refractivity contribution in [1.82, 2.24) is 4.98 Å². The van der Waals surface area contributed by atoms with Crippen LogP contribution in [0.5, 0.6) is 11.5 Å². The number of hydrogen-bond donors (Lipinski definition) is 1. The van der Waals surface area contributed by atoms with Gasteiger partial charge in [-0.3, -0.25) is 9.78 Å². The molecule has 25 heavy (non-hydrogen) atoms. The number of pyridine rings is 1. The number of nitrogens with one attached hydrogen (secondary N) is 1. The van der Waals surface area contributed by atoms with E-state index in [-0.39, 0.29) is 17.1 Å². The highest BCUT2D eigenvalue weighted by Crippen LogP contribution is 2.30. The number of carbonyl (C=O) groups is 1. The number of fused-ring (bicyclic) bond motifs is 1. The monoisotopic (exact) mass is 344 g/mol. The highest BCUT2D eigenvalue weighted by Gasteiger charge is 2.15. The van der Waals surface area contributed by atoms with Crippen molar-refractivity contribution in [3.63, 3.8) is 0 Å². The maximum atomic E-state index is 12.5. The molecule has 1 amide bonds. The maximum absolute atomic E-state index is 12.5. The number of rotatable bonds is 5. The lowest BCUT2D eigenvalue weighted by atomic mass is 10.1. The lowest BCUT2D eigenvalue weighted by Crippen LogP contribution is -2.13. The molecule has 0 bridgehead atoms. The third-order valence-corrected chi connectivity index (χ3v) is 3.52. The molecule has 0 aliphatic rings. The van der Waals surface area contributed by atoms with Crippen LogP contribution in [0.15, 0.2) is 54.7 Å². The largest absolute Gasteiger partial charge is 0.493 e. The molecule has 5 nitrogen and oxygen atoms in total. The zero-order valence-electron chi connectivity index (χ0n) is 13.2. The molecule has 1 N–H and O–H groups in total. The number of halogens is 2. The van der Waals surface area contributed by atoms with Crippen LogP contribution < -0.4 is 14.8 Å². The second kappa shape index (κ2) is 7.12. The minimum atomic E-state index is -3.02. The van der Waals surface area contributed by atoms with E-state index in [1.54, 1.807) is 24.4 Å². The van der Waals surface area contributed by atoms with E-state index in [0.717, 1.165) is 5.39 Å². The number of ether oxygens (including phenoxy) is 2. The molecule has 7 heteroatoms. The van der Waals surface area contributed by atoms with Gasteiger partial charge < -0.3 is 14.8 Å². The summed E-state index contributed by atoms with van der Waals surface area (Å²) < 4.78 is 34.4. The molecule has 0 fully saturated rings. The highest BCUT2D eigenvalue weighted by molar-refractivity contribution is 6.08. The van der Waals surface area contributed by atoms with Gasteiger partial charge in [-0.25, -0.2) is 0 Å². The van der Waals surface area contributed by atoms with Crippen LogP contribution in [0.25, 0.3) is 10.9 Å². The molecule has 1 aromatic heterocycles. The molecule has 2 aromatic carbocycles. The van der Waals surface area contributed by atoms with Gasteiger partial charge in [0.05, 0.1) is 18.3 Å². The standard InChI is InChI=1S/C18H14F2N2O3/c1-24-14-8-7-12(10-15(14)25-18(19)20)17(23)22-13-6-2-4-11-5-3-9-21-16(11)13/h2-10,18H,1H3,(H,22,23). The molecule has 0 unspecified atom stereocenters. The second-order valence-corrected chi connectivity index (χ2v) is 5.08. The number of nitrogens with zero attached hydrogens (tertiary/aromatic N) is 1. The number of para-hydroxylation sites is 1. The van der Waals surface area contributed by atoms with Gasteiger partial charge in [-0.05, 0) is 30.3 Å². The Labute approximate surface area is 142 Å². The third kappa shape index (κ3) is 3.65. The van der Waals surface area contributed by atoms with Crippen LogP contribution in [0.2, 0.25) is 0 Å². The van der Waals surface area contributed by atoms with Crippen LogP contribution in [0.1, 0.15) is 10.4 Å². The number of aromatic nitrogens is 1. The quantitative estimate of drug-likeness (QED) is 0.757. The van der Waals surface area contributed by atoms with E-state index in [9.17, 15) is 13.6 Å². The van der Waals surface area contributed by atoms with Crippen molar-refractivity contribution in [2.24, 2.45) is 0 Å². The molecule has 128 valence electrons. The molecular weight excluding hydrogens is 330 g/mol. The average Bonchev–Trinajstić information content (AvgIpc) is 2.61. The van der Waals surface area contributed by atoms with Crippen LogP contribution in [-0.4, -0.2) is 24.6 Å². The van der Waals surface area contributed by atoms with Gasteiger partial charge in [0.25, 0.3) is 5.91 Å². The highest BCUT2D eigenvalue weighted by atomic mass is 19.3. The Morgan fingerprint density at radius 2 is 1.92 bits per heavy atom. The minimum Gasteiger partial charge on any atom is -0.493 e. The van der Waals surface area contributed by atoms with Gasteiger partial charge in [-0.2, -0.15) is 8.78 Å². The van der Waals surface area contributed by atoms with Crippen molar-refractivity contribution in [3.8, 4) is 11.5 Å². The fourth-order valence-electron chi connectivity index (χ4n) is 2.41. The lowest BCUT2D eigenvalue weighted by molar-refractivity contribution is -0.0512. The number of amides is 1. The Hall–Kier alpha value is -3.22. The third-order valence-electron chi connectivity index (χ3n) is 3.52. The molecule has 1 heterocycles. The summed E-state index contributed by atoms with van der Waals surface area (Å²) in [6, 6.07) is 13.1. The zero-order valence-corrected chi connectivity index (χ0v) is 13.2. The van der Waals surface area contributed by atoms with E-state index in [1.165, 1.54) is 25.3 Å². The van der Waals surface area contributed by atoms with E-state index >= 15 is 0 Å². The SMILES string of the molecule is COc1ccc(C(=O)Nc2cccc3cccnc23)cc1OC(F)F. The van der Waals surface area contributed by atoms with E-state index in [2.05, 4.69) is 15.0 Å². The van der Waals surface area contributed by atoms with Crippen LogP contribution in [0, 0.1) is 0 Å². The molecule has 0 saturated heterocycles. The van der Waals surface area contributed by atoms with Gasteiger partial charge in [-0.15, -0.1) is 0 Å². The van der Waals surface area contributed by atoms with Crippen LogP contribution in [-0.2, 0) is 0 Å². The van der Waals surface area contributed by atoms with Crippen molar-refractivity contribution >= 4 is 22.5 Å². The fourth-order valence-corrected chi connectivity index (χ4v) is 2.41. The number of methoxy groups -OCH3 is 1. The summed E-state index contributed by atoms with van der Waals surface area (Å²) in [6.45, 7) is -3.02. The smallest absolute Gasteiger partial charge is 0.387 e. The van der Waals surface area contributed by atoms with Crippen molar-refractivity contribution in [2.75, 3.05) is 12.4 Å². The van der Waals surface area contributed by atoms with E-state index < -0.39 is 12.5 Å². The first-order chi connectivity index (χ1) is 12.1. The number of benzene rings is 2. The molecule has 0 spiro atoms. The first kappa shape index (κ1) is 16.6. The topological polar surface area (TPSA) is 60.5 Å². The summed E-state index contributed by atoms with van der Waals surface area (Å²) in [4.78, 5) is 16.7. The van der Waals surface area contributed by atoms with Gasteiger partial charge in [0, 0.05) is 17.1 Å². The molecule has 0 saturated carbocycles. The van der Waals surface area contributed by atoms with E-state index in [4.69, 9.17) is 4.74 Å². The van der Waals surface area contributed by atoms with Crippen molar-refractivity contribution in [2.45, 2.75) is 6.61 Å². The molecule has 0 atom stereocenters. The van der Waals surface area contributed by atoms with Crippen LogP contribution in [0.4, 0.5) is 14.5 Å². The zero-order chi connectivity index (χ0) is 17.8. The number of alkyl halides is 2. The maximum Gasteiger partial charge on any atom is 0.387 e. The fraction of sp³-hybridized carbons (Fsp3) is 0.111. The molecule has 0 aliphatic carbocycles. The van der Waals surface area contributed by atoms with Gasteiger partial charge in [0.2, 0.25) is 0 Å². The minimum absolute atomic E-state index is 0.115. The number of hydrogen-bond acceptors (Lipinski definition) is 4. The summed E-state index contributed by atoms with van der Waals surface area (Å²) in [6.07, 6.45) is 1.62. The Balaban J connectivity index is 1.90. The Kier molecular flexibility index (Phi) is 4.74. The summed E-state index contributed by atoms with van der Waals surface area (Å²) in [5.74, 6) is -0.565. The normalized spacial score (nSPS) is 10.7. The van der Waals surface area contributed by atoms with Crippen molar-refractivity contribution in [1.29, 1.82) is 0 Å². The summed E-state index contributed by atoms with van der Waals surface area (Å²) in [5.41, 5.74) is 1.32. The molecule has 0 radical (unpaired) electrons. The number of anilines is 1. The Morgan fingerprint density at radius 1 is 1.12 bits per heavy atom. The van der Waals surface area contributed by atoms with Crippen molar-refractivity contribution in [3.05, 3.63) is 60.3 Å². The number of carbonyl (C=O) groups excluding carboxylic acids is 1. The van der Waals surface area contributed by atoms with E-state index in [0.29, 0.717) is 11.2 Å². The van der Waals surface area contributed by atoms with Gasteiger partial charge in [0.1, 0.15) is 0 Å². The summed E-state index contributed by atoms with van der Waals surface area (Å²) in [5, 5.41) is 3.61. The average molecular weight is 344 g/mol. The Bertz CT molecular complexity index is 910. The van der Waals surface area contributed by atoms with Gasteiger partial charge >= 0.3 is 6.61 Å². The van der Waals surface area contributed by atoms with Crippen molar-refractivity contribution < 1.29 is 23.0 Å². The summed E-state index contributed by atoms with van der Waals surface area (Å²) in [7, 11) is 1.33. The van der Waals surface area contributed by atoms with Crippen LogP contribution >= 0.6 is 0 Å². The Morgan fingerprint density at radius 3 is 2.68 bits per heavy atom. The first-order valence-electron chi connectivity index (χ1n) is 7.36. The van der Waals surface area contributed by atoms with E-state index in [1.807, 2.05) is 12.1 Å². The van der Waals surface area contributed by atoms with Gasteiger partial charge in [-0.1, -0.05) is 18.2 Å². The molecule has 0 aliphatic heterocycles. The van der Waals surface area contributed by atoms with Gasteiger partial charge in [0.15, 0.2) is 11.5 Å². The summed E-state index contributed by atoms with van der Waals surface area (Å²) >= 11 is 0.